The van der Waals surface area contributed by atoms with E-state index in [0.717, 1.165) is 5.69 Å². The van der Waals surface area contributed by atoms with E-state index < -0.39 is 35.7 Å². The van der Waals surface area contributed by atoms with Gasteiger partial charge in [0.15, 0.2) is 0 Å². The molecular weight excluding hydrogens is 443 g/mol. The minimum Gasteiger partial charge on any atom is -0.444 e. The van der Waals surface area contributed by atoms with Gasteiger partial charge in [-0.15, -0.1) is 0 Å². The molecule has 0 bridgehead atoms. The van der Waals surface area contributed by atoms with Gasteiger partial charge in [-0.3, -0.25) is 30.0 Å². The quantitative estimate of drug-likeness (QED) is 0.666. The number of ether oxygens (including phenoxy) is 1. The van der Waals surface area contributed by atoms with Crippen molar-refractivity contribution in [2.45, 2.75) is 58.2 Å². The minimum atomic E-state index is -0.833. The van der Waals surface area contributed by atoms with Gasteiger partial charge in [0.2, 0.25) is 11.8 Å². The van der Waals surface area contributed by atoms with Crippen LogP contribution in [0.4, 0.5) is 14.9 Å². The predicted molar refractivity (Wildman–Crippen MR) is 119 cm³/mol. The number of carbonyl (C=O) groups is 4. The first-order valence-corrected chi connectivity index (χ1v) is 10.9. The van der Waals surface area contributed by atoms with Crippen LogP contribution in [0.25, 0.3) is 0 Å². The van der Waals surface area contributed by atoms with Gasteiger partial charge in [0.05, 0.1) is 18.4 Å². The minimum absolute atomic E-state index is 0.0640. The number of benzene rings is 1. The number of anilines is 1. The van der Waals surface area contributed by atoms with E-state index in [4.69, 9.17) is 4.74 Å². The zero-order valence-electron chi connectivity index (χ0n) is 19.1. The maximum atomic E-state index is 14.7. The van der Waals surface area contributed by atoms with Crippen LogP contribution in [0.1, 0.15) is 60.8 Å². The van der Waals surface area contributed by atoms with Gasteiger partial charge in [-0.25, -0.2) is 9.18 Å². The van der Waals surface area contributed by atoms with Crippen LogP contribution in [-0.2, 0) is 32.9 Å². The van der Waals surface area contributed by atoms with Crippen molar-refractivity contribution < 1.29 is 28.3 Å². The highest BCUT2D eigenvalue weighted by atomic mass is 19.1. The molecule has 1 saturated heterocycles. The summed E-state index contributed by atoms with van der Waals surface area (Å²) in [5, 5.41) is 4.77. The Morgan fingerprint density at radius 2 is 2.03 bits per heavy atom. The number of pyridine rings is 1. The third kappa shape index (κ3) is 4.75. The summed E-state index contributed by atoms with van der Waals surface area (Å²) in [6.45, 7) is 5.77. The average molecular weight is 468 g/mol. The van der Waals surface area contributed by atoms with Crippen LogP contribution in [0, 0.1) is 5.82 Å². The fourth-order valence-corrected chi connectivity index (χ4v) is 3.97. The zero-order chi connectivity index (χ0) is 24.6. The number of nitrogens with one attached hydrogen (secondary N) is 2. The summed E-state index contributed by atoms with van der Waals surface area (Å²) < 4.78 is 19.9. The van der Waals surface area contributed by atoms with Gasteiger partial charge in [0, 0.05) is 28.7 Å². The van der Waals surface area contributed by atoms with Crippen molar-refractivity contribution in [3.63, 3.8) is 0 Å². The average Bonchev–Trinajstić information content (AvgIpc) is 3.09. The summed E-state index contributed by atoms with van der Waals surface area (Å²) in [5.74, 6) is -2.08. The Balaban J connectivity index is 1.40. The normalized spacial score (nSPS) is 17.9. The predicted octanol–water partition coefficient (Wildman–Crippen LogP) is 3.03. The Morgan fingerprint density at radius 1 is 1.26 bits per heavy atom. The molecule has 1 unspecified atom stereocenters. The van der Waals surface area contributed by atoms with Crippen LogP contribution in [0.15, 0.2) is 30.5 Å². The molecule has 1 aromatic carbocycles. The van der Waals surface area contributed by atoms with Crippen LogP contribution >= 0.6 is 0 Å². The van der Waals surface area contributed by atoms with E-state index in [9.17, 15) is 23.6 Å². The molecule has 1 fully saturated rings. The van der Waals surface area contributed by atoms with Gasteiger partial charge < -0.3 is 9.64 Å². The molecule has 34 heavy (non-hydrogen) atoms. The van der Waals surface area contributed by atoms with Gasteiger partial charge in [-0.1, -0.05) is 20.8 Å². The maximum Gasteiger partial charge on any atom is 0.412 e. The lowest BCUT2D eigenvalue weighted by atomic mass is 9.92. The second-order valence-electron chi connectivity index (χ2n) is 9.39. The number of fused-ring (bicyclic) bond motifs is 1. The maximum absolute atomic E-state index is 14.7. The molecule has 178 valence electrons. The van der Waals surface area contributed by atoms with Crippen molar-refractivity contribution in [1.82, 2.24) is 15.2 Å². The van der Waals surface area contributed by atoms with Crippen molar-refractivity contribution in [2.24, 2.45) is 0 Å². The number of hydrogen-bond donors (Lipinski definition) is 2. The standard InChI is InChI=1S/C24H25FN4O5/c1-24(2,3)19-6-4-14(10-26-19)27-23(33)34-12-13-8-15-16(17(25)9-13)11-29(22(15)32)18-5-7-20(30)28-21(18)31/h4,6,8-10,18H,5,7,11-12H2,1-3H3,(H,27,33)(H,28,30,31). The van der Waals surface area contributed by atoms with Crippen molar-refractivity contribution in [1.29, 1.82) is 0 Å². The smallest absolute Gasteiger partial charge is 0.412 e. The number of rotatable bonds is 4. The molecule has 4 amide bonds. The van der Waals surface area contributed by atoms with Crippen LogP contribution in [-0.4, -0.2) is 39.7 Å². The molecule has 3 heterocycles. The third-order valence-electron chi connectivity index (χ3n) is 5.81. The Labute approximate surface area is 195 Å². The third-order valence-corrected chi connectivity index (χ3v) is 5.81. The van der Waals surface area contributed by atoms with Crippen LogP contribution in [0.3, 0.4) is 0 Å². The highest BCUT2D eigenvalue weighted by molar-refractivity contribution is 6.05. The molecule has 2 aromatic rings. The Bertz CT molecular complexity index is 1170. The summed E-state index contributed by atoms with van der Waals surface area (Å²) >= 11 is 0. The van der Waals surface area contributed by atoms with Crippen LogP contribution < -0.4 is 10.6 Å². The molecule has 0 spiro atoms. The molecule has 10 heteroatoms. The molecule has 2 aliphatic rings. The molecule has 0 saturated carbocycles. The molecule has 1 aromatic heterocycles. The van der Waals surface area contributed by atoms with Gasteiger partial charge in [-0.05, 0) is 36.2 Å². The van der Waals surface area contributed by atoms with E-state index in [-0.39, 0.29) is 42.5 Å². The molecule has 2 aliphatic heterocycles. The lowest BCUT2D eigenvalue weighted by molar-refractivity contribution is -0.136. The number of amides is 4. The lowest BCUT2D eigenvalue weighted by Crippen LogP contribution is -2.52. The largest absolute Gasteiger partial charge is 0.444 e. The van der Waals surface area contributed by atoms with Crippen molar-refractivity contribution >= 4 is 29.5 Å². The van der Waals surface area contributed by atoms with Crippen LogP contribution in [0.2, 0.25) is 0 Å². The summed E-state index contributed by atoms with van der Waals surface area (Å²) in [7, 11) is 0. The van der Waals surface area contributed by atoms with Gasteiger partial charge in [0.1, 0.15) is 18.5 Å². The molecule has 4 rings (SSSR count). The van der Waals surface area contributed by atoms with Gasteiger partial charge in [-0.2, -0.15) is 0 Å². The topological polar surface area (TPSA) is 118 Å². The van der Waals surface area contributed by atoms with E-state index in [2.05, 4.69) is 15.6 Å². The van der Waals surface area contributed by atoms with E-state index in [1.54, 1.807) is 6.07 Å². The van der Waals surface area contributed by atoms with Crippen molar-refractivity contribution in [2.75, 3.05) is 5.32 Å². The Hall–Kier alpha value is -3.82. The number of aromatic nitrogens is 1. The number of carbonyl (C=O) groups excluding carboxylic acids is 4. The number of imide groups is 1. The molecule has 0 radical (unpaired) electrons. The van der Waals surface area contributed by atoms with E-state index in [0.29, 0.717) is 11.3 Å². The SMILES string of the molecule is CC(C)(C)c1ccc(NC(=O)OCc2cc(F)c3c(c2)C(=O)N(C2CCC(=O)NC2=O)C3)cn1. The van der Waals surface area contributed by atoms with E-state index in [1.165, 1.54) is 23.2 Å². The first-order valence-electron chi connectivity index (χ1n) is 10.9. The fraction of sp³-hybridized carbons (Fsp3) is 0.375. The fourth-order valence-electron chi connectivity index (χ4n) is 3.97. The zero-order valence-corrected chi connectivity index (χ0v) is 19.1. The lowest BCUT2D eigenvalue weighted by Gasteiger charge is -2.29. The molecule has 2 N–H and O–H groups in total. The summed E-state index contributed by atoms with van der Waals surface area (Å²) in [4.78, 5) is 54.2. The highest BCUT2D eigenvalue weighted by Gasteiger charge is 2.40. The summed E-state index contributed by atoms with van der Waals surface area (Å²) in [6, 6.07) is 5.35. The van der Waals surface area contributed by atoms with Gasteiger partial charge >= 0.3 is 6.09 Å². The first kappa shape index (κ1) is 23.3. The van der Waals surface area contributed by atoms with Crippen molar-refractivity contribution in [3.05, 3.63) is 58.7 Å². The molecule has 0 aliphatic carbocycles. The van der Waals surface area contributed by atoms with E-state index >= 15 is 0 Å². The van der Waals surface area contributed by atoms with Gasteiger partial charge in [0.25, 0.3) is 5.91 Å². The first-order chi connectivity index (χ1) is 16.0. The van der Waals surface area contributed by atoms with Crippen molar-refractivity contribution in [3.8, 4) is 0 Å². The molecule has 9 nitrogen and oxygen atoms in total. The Kier molecular flexibility index (Phi) is 6.07. The monoisotopic (exact) mass is 468 g/mol. The number of hydrogen-bond acceptors (Lipinski definition) is 6. The number of piperidine rings is 1. The molecular formula is C24H25FN4O5. The summed E-state index contributed by atoms with van der Waals surface area (Å²) in [6.07, 6.45) is 1.08. The molecule has 1 atom stereocenters. The second-order valence-corrected chi connectivity index (χ2v) is 9.39. The summed E-state index contributed by atoms with van der Waals surface area (Å²) in [5.41, 5.74) is 1.79. The number of halogens is 1. The second kappa shape index (κ2) is 8.85. The number of nitrogens with zero attached hydrogens (tertiary/aromatic N) is 2. The Morgan fingerprint density at radius 3 is 2.68 bits per heavy atom. The van der Waals surface area contributed by atoms with Crippen LogP contribution in [0.5, 0.6) is 0 Å². The van der Waals surface area contributed by atoms with E-state index in [1.807, 2.05) is 26.8 Å². The highest BCUT2D eigenvalue weighted by Crippen LogP contribution is 2.30.